The van der Waals surface area contributed by atoms with Crippen LogP contribution in [0, 0.1) is 5.82 Å². The lowest BCUT2D eigenvalue weighted by atomic mass is 10.1. The fourth-order valence-corrected chi connectivity index (χ4v) is 2.59. The molecular weight excluding hydrogens is 359 g/mol. The number of aromatic nitrogens is 1. The van der Waals surface area contributed by atoms with E-state index in [1.165, 1.54) is 12.1 Å². The number of nitrogens with one attached hydrogen (secondary N) is 1. The summed E-state index contributed by atoms with van der Waals surface area (Å²) in [5, 5.41) is 3.35. The van der Waals surface area contributed by atoms with Gasteiger partial charge in [-0.05, 0) is 47.1 Å². The Morgan fingerprint density at radius 1 is 1.43 bits per heavy atom. The van der Waals surface area contributed by atoms with E-state index < -0.39 is 5.82 Å². The third kappa shape index (κ3) is 4.15. The van der Waals surface area contributed by atoms with E-state index in [4.69, 9.17) is 16.3 Å². The Balaban J connectivity index is 2.24. The van der Waals surface area contributed by atoms with Crippen molar-refractivity contribution in [1.29, 1.82) is 0 Å². The molecule has 1 N–H and O–H groups in total. The SMILES string of the molecule is CCNC(C)c1ccnc(Oc2cc(F)c(Cl)cc2Br)c1. The van der Waals surface area contributed by atoms with Crippen molar-refractivity contribution in [3.63, 3.8) is 0 Å². The van der Waals surface area contributed by atoms with Crippen molar-refractivity contribution in [2.75, 3.05) is 6.54 Å². The predicted molar refractivity (Wildman–Crippen MR) is 85.5 cm³/mol. The van der Waals surface area contributed by atoms with E-state index in [0.29, 0.717) is 16.1 Å². The summed E-state index contributed by atoms with van der Waals surface area (Å²) in [4.78, 5) is 4.14. The van der Waals surface area contributed by atoms with E-state index in [1.807, 2.05) is 19.1 Å². The molecule has 0 bridgehead atoms. The monoisotopic (exact) mass is 372 g/mol. The Kier molecular flexibility index (Phi) is 5.56. The first kappa shape index (κ1) is 16.2. The summed E-state index contributed by atoms with van der Waals surface area (Å²) in [6, 6.07) is 6.61. The first-order valence-electron chi connectivity index (χ1n) is 6.53. The maximum absolute atomic E-state index is 13.5. The van der Waals surface area contributed by atoms with E-state index in [1.54, 1.807) is 6.20 Å². The Bertz CT molecular complexity index is 639. The van der Waals surface area contributed by atoms with E-state index in [-0.39, 0.29) is 11.1 Å². The van der Waals surface area contributed by atoms with Crippen molar-refractivity contribution in [3.8, 4) is 11.6 Å². The molecule has 2 aromatic rings. The molecule has 0 amide bonds. The molecule has 112 valence electrons. The molecule has 1 atom stereocenters. The van der Waals surface area contributed by atoms with Crippen LogP contribution in [0.1, 0.15) is 25.5 Å². The Morgan fingerprint density at radius 2 is 2.19 bits per heavy atom. The van der Waals surface area contributed by atoms with Gasteiger partial charge in [0, 0.05) is 24.4 Å². The molecule has 0 radical (unpaired) electrons. The standard InChI is InChI=1S/C15H15BrClFN2O/c1-3-19-9(2)10-4-5-20-15(6-10)21-14-8-13(18)12(17)7-11(14)16/h4-9,19H,3H2,1-2H3. The molecule has 1 heterocycles. The zero-order chi connectivity index (χ0) is 15.4. The number of ether oxygens (including phenoxy) is 1. The normalized spacial score (nSPS) is 12.2. The fraction of sp³-hybridized carbons (Fsp3) is 0.267. The molecule has 0 saturated carbocycles. The minimum atomic E-state index is -0.535. The van der Waals surface area contributed by atoms with Gasteiger partial charge in [0.2, 0.25) is 5.88 Å². The van der Waals surface area contributed by atoms with Crippen molar-refractivity contribution >= 4 is 27.5 Å². The highest BCUT2D eigenvalue weighted by atomic mass is 79.9. The second kappa shape index (κ2) is 7.20. The average molecular weight is 374 g/mol. The van der Waals surface area contributed by atoms with Gasteiger partial charge in [-0.1, -0.05) is 18.5 Å². The van der Waals surface area contributed by atoms with E-state index in [0.717, 1.165) is 12.1 Å². The maximum atomic E-state index is 13.5. The highest BCUT2D eigenvalue weighted by Crippen LogP contribution is 2.33. The minimum Gasteiger partial charge on any atom is -0.438 e. The number of benzene rings is 1. The van der Waals surface area contributed by atoms with Gasteiger partial charge in [0.25, 0.3) is 0 Å². The summed E-state index contributed by atoms with van der Waals surface area (Å²) < 4.78 is 19.7. The molecule has 0 saturated heterocycles. The first-order chi connectivity index (χ1) is 10.0. The third-order valence-electron chi connectivity index (χ3n) is 2.96. The van der Waals surface area contributed by atoms with Crippen LogP contribution < -0.4 is 10.1 Å². The zero-order valence-electron chi connectivity index (χ0n) is 11.7. The van der Waals surface area contributed by atoms with E-state index >= 15 is 0 Å². The highest BCUT2D eigenvalue weighted by Gasteiger charge is 2.11. The predicted octanol–water partition coefficient (Wildman–Crippen LogP) is 5.10. The number of hydrogen-bond donors (Lipinski definition) is 1. The highest BCUT2D eigenvalue weighted by molar-refractivity contribution is 9.10. The molecule has 1 aromatic carbocycles. The summed E-state index contributed by atoms with van der Waals surface area (Å²) >= 11 is 9.00. The quantitative estimate of drug-likeness (QED) is 0.740. The summed E-state index contributed by atoms with van der Waals surface area (Å²) in [6.45, 7) is 4.97. The molecule has 0 fully saturated rings. The van der Waals surface area contributed by atoms with Crippen molar-refractivity contribution in [2.24, 2.45) is 0 Å². The molecule has 0 aliphatic rings. The fourth-order valence-electron chi connectivity index (χ4n) is 1.87. The van der Waals surface area contributed by atoms with Crippen molar-refractivity contribution in [1.82, 2.24) is 10.3 Å². The number of pyridine rings is 1. The number of rotatable bonds is 5. The molecular formula is C15H15BrClFN2O. The number of hydrogen-bond acceptors (Lipinski definition) is 3. The second-order valence-electron chi connectivity index (χ2n) is 4.51. The summed E-state index contributed by atoms with van der Waals surface area (Å²) in [5.74, 6) is 0.198. The van der Waals surface area contributed by atoms with Crippen LogP contribution in [0.25, 0.3) is 0 Å². The molecule has 2 rings (SSSR count). The van der Waals surface area contributed by atoms with Gasteiger partial charge in [0.1, 0.15) is 11.6 Å². The van der Waals surface area contributed by atoms with Gasteiger partial charge in [-0.25, -0.2) is 9.37 Å². The number of nitrogens with zero attached hydrogens (tertiary/aromatic N) is 1. The second-order valence-corrected chi connectivity index (χ2v) is 5.77. The topological polar surface area (TPSA) is 34.2 Å². The molecule has 1 aromatic heterocycles. The summed E-state index contributed by atoms with van der Waals surface area (Å²) in [6.07, 6.45) is 1.67. The Labute approximate surface area is 136 Å². The van der Waals surface area contributed by atoms with Gasteiger partial charge >= 0.3 is 0 Å². The molecule has 3 nitrogen and oxygen atoms in total. The van der Waals surface area contributed by atoms with Crippen LogP contribution in [0.5, 0.6) is 11.6 Å². The average Bonchev–Trinajstić information content (AvgIpc) is 2.45. The summed E-state index contributed by atoms with van der Waals surface area (Å²) in [5.41, 5.74) is 1.05. The van der Waals surface area contributed by atoms with Crippen LogP contribution in [0.15, 0.2) is 34.9 Å². The largest absolute Gasteiger partial charge is 0.438 e. The Hall–Kier alpha value is -1.17. The van der Waals surface area contributed by atoms with Crippen molar-refractivity contribution in [3.05, 3.63) is 51.3 Å². The summed E-state index contributed by atoms with van der Waals surface area (Å²) in [7, 11) is 0. The van der Waals surface area contributed by atoms with Crippen LogP contribution in [-0.4, -0.2) is 11.5 Å². The van der Waals surface area contributed by atoms with Crippen LogP contribution in [0.3, 0.4) is 0 Å². The smallest absolute Gasteiger partial charge is 0.219 e. The minimum absolute atomic E-state index is 0.0386. The van der Waals surface area contributed by atoms with Gasteiger partial charge in [-0.2, -0.15) is 0 Å². The van der Waals surface area contributed by atoms with Crippen LogP contribution in [0.4, 0.5) is 4.39 Å². The van der Waals surface area contributed by atoms with E-state index in [9.17, 15) is 4.39 Å². The number of halogens is 3. The van der Waals surface area contributed by atoms with Crippen molar-refractivity contribution in [2.45, 2.75) is 19.9 Å². The van der Waals surface area contributed by atoms with Gasteiger partial charge in [-0.15, -0.1) is 0 Å². The maximum Gasteiger partial charge on any atom is 0.219 e. The Morgan fingerprint density at radius 3 is 2.90 bits per heavy atom. The van der Waals surface area contributed by atoms with E-state index in [2.05, 4.69) is 33.2 Å². The lowest BCUT2D eigenvalue weighted by Gasteiger charge is -2.14. The molecule has 1 unspecified atom stereocenters. The molecule has 21 heavy (non-hydrogen) atoms. The first-order valence-corrected chi connectivity index (χ1v) is 7.70. The van der Waals surface area contributed by atoms with Gasteiger partial charge < -0.3 is 10.1 Å². The van der Waals surface area contributed by atoms with Gasteiger partial charge in [-0.3, -0.25) is 0 Å². The van der Waals surface area contributed by atoms with Crippen molar-refractivity contribution < 1.29 is 9.13 Å². The lowest BCUT2D eigenvalue weighted by Crippen LogP contribution is -2.17. The third-order valence-corrected chi connectivity index (χ3v) is 3.87. The van der Waals surface area contributed by atoms with Crippen LogP contribution in [-0.2, 0) is 0 Å². The zero-order valence-corrected chi connectivity index (χ0v) is 14.0. The molecule has 0 aliphatic carbocycles. The molecule has 6 heteroatoms. The van der Waals surface area contributed by atoms with Crippen LogP contribution >= 0.6 is 27.5 Å². The van der Waals surface area contributed by atoms with Crippen LogP contribution in [0.2, 0.25) is 5.02 Å². The molecule has 0 spiro atoms. The van der Waals surface area contributed by atoms with Gasteiger partial charge in [0.05, 0.1) is 9.50 Å². The molecule has 0 aliphatic heterocycles. The van der Waals surface area contributed by atoms with Gasteiger partial charge in [0.15, 0.2) is 0 Å². The lowest BCUT2D eigenvalue weighted by molar-refractivity contribution is 0.453.